The van der Waals surface area contributed by atoms with E-state index in [1.54, 1.807) is 0 Å². The molecule has 0 atom stereocenters. The van der Waals surface area contributed by atoms with Crippen LogP contribution >= 0.6 is 11.6 Å². The number of ether oxygens (including phenoxy) is 1. The minimum atomic E-state index is -5.05. The van der Waals surface area contributed by atoms with Gasteiger partial charge in [0.15, 0.2) is 22.3 Å². The Bertz CT molecular complexity index is 1110. The second kappa shape index (κ2) is 7.44. The molecule has 2 aromatic heterocycles. The van der Waals surface area contributed by atoms with E-state index in [-0.39, 0.29) is 0 Å². The first-order valence-electron chi connectivity index (χ1n) is 7.94. The molecule has 0 radical (unpaired) electrons. The van der Waals surface area contributed by atoms with E-state index >= 15 is 0 Å². The molecule has 2 aromatic rings. The number of carbonyl (C=O) groups is 1. The van der Waals surface area contributed by atoms with Crippen LogP contribution in [0.3, 0.4) is 0 Å². The number of nitrogens with zero attached hydrogens (tertiary/aromatic N) is 2. The predicted molar refractivity (Wildman–Crippen MR) is 92.5 cm³/mol. The number of hydrogen-bond acceptors (Lipinski definition) is 5. The molecule has 0 aromatic carbocycles. The van der Waals surface area contributed by atoms with E-state index < -0.39 is 73.9 Å². The Balaban J connectivity index is 1.93. The van der Waals surface area contributed by atoms with Crippen molar-refractivity contribution in [2.75, 3.05) is 18.5 Å². The van der Waals surface area contributed by atoms with Gasteiger partial charge in [-0.1, -0.05) is 11.6 Å². The lowest BCUT2D eigenvalue weighted by molar-refractivity contribution is -0.260. The monoisotopic (exact) mass is 474 g/mol. The summed E-state index contributed by atoms with van der Waals surface area (Å²) in [5.74, 6) is -4.01. The molecule has 0 bridgehead atoms. The largest absolute Gasteiger partial charge is 0.412 e. The number of rotatable bonds is 5. The van der Waals surface area contributed by atoms with E-state index in [0.717, 1.165) is 23.9 Å². The summed E-state index contributed by atoms with van der Waals surface area (Å²) in [6.07, 6.45) is -3.33. The highest BCUT2D eigenvalue weighted by Crippen LogP contribution is 2.38. The van der Waals surface area contributed by atoms with Gasteiger partial charge in [0.1, 0.15) is 10.6 Å². The first-order chi connectivity index (χ1) is 13.8. The molecule has 15 heteroatoms. The van der Waals surface area contributed by atoms with Crippen molar-refractivity contribution in [1.82, 2.24) is 14.3 Å². The normalized spacial score (nSPS) is 16.2. The molecule has 1 amide bonds. The minimum absolute atomic E-state index is 0.467. The fourth-order valence-electron chi connectivity index (χ4n) is 2.61. The summed E-state index contributed by atoms with van der Waals surface area (Å²) < 4.78 is 99.7. The topological polar surface area (TPSA) is 102 Å². The molecular formula is C15H12ClF5N4O4S. The number of amides is 1. The van der Waals surface area contributed by atoms with Crippen molar-refractivity contribution in [1.29, 1.82) is 0 Å². The second-order valence-electron chi connectivity index (χ2n) is 6.36. The first-order valence-corrected chi connectivity index (χ1v) is 9.80. The summed E-state index contributed by atoms with van der Waals surface area (Å²) >= 11 is 5.48. The second-order valence-corrected chi connectivity index (χ2v) is 8.37. The average molecular weight is 475 g/mol. The van der Waals surface area contributed by atoms with E-state index in [1.807, 2.05) is 5.32 Å². The zero-order valence-electron chi connectivity index (χ0n) is 14.8. The van der Waals surface area contributed by atoms with E-state index in [9.17, 15) is 35.2 Å². The van der Waals surface area contributed by atoms with E-state index in [2.05, 4.69) is 9.72 Å². The number of hydrogen-bond donors (Lipinski definition) is 2. The van der Waals surface area contributed by atoms with Crippen molar-refractivity contribution >= 4 is 33.2 Å². The Morgan fingerprint density at radius 3 is 2.47 bits per heavy atom. The van der Waals surface area contributed by atoms with Gasteiger partial charge < -0.3 is 14.6 Å². The highest BCUT2D eigenvalue weighted by Gasteiger charge is 2.62. The molecule has 0 saturated carbocycles. The van der Waals surface area contributed by atoms with E-state index in [1.165, 1.54) is 4.72 Å². The van der Waals surface area contributed by atoms with Crippen LogP contribution in [-0.4, -0.2) is 48.8 Å². The van der Waals surface area contributed by atoms with Crippen LogP contribution in [0.4, 0.5) is 27.6 Å². The summed E-state index contributed by atoms with van der Waals surface area (Å²) in [5.41, 5.74) is -4.24. The van der Waals surface area contributed by atoms with Crippen molar-refractivity contribution in [3.05, 3.63) is 40.9 Å². The minimum Gasteiger partial charge on any atom is -0.377 e. The van der Waals surface area contributed by atoms with Crippen molar-refractivity contribution < 1.29 is 39.9 Å². The molecule has 30 heavy (non-hydrogen) atoms. The molecule has 164 valence electrons. The molecule has 2 N–H and O–H groups in total. The van der Waals surface area contributed by atoms with Crippen LogP contribution in [-0.2, 0) is 21.8 Å². The Kier molecular flexibility index (Phi) is 5.56. The third kappa shape index (κ3) is 3.75. The molecule has 3 rings (SSSR count). The fraction of sp³-hybridized carbons (Fsp3) is 0.333. The van der Waals surface area contributed by atoms with Gasteiger partial charge in [-0.15, -0.1) is 0 Å². The van der Waals surface area contributed by atoms with Crippen LogP contribution < -0.4 is 10.0 Å². The standard InChI is InChI=1S/C15H12ClF5N4O4S/c1-25-4-8(30(27,28)24-14(5-29-6-14)15(19,20)21)10(18)11(25)13(26)23-7-2-3-22-12(16)9(7)17/h2-4,24H,5-6H2,1H3,(H,22,23,26). The van der Waals surface area contributed by atoms with Gasteiger partial charge in [-0.3, -0.25) is 4.79 Å². The number of halogens is 6. The van der Waals surface area contributed by atoms with Crippen molar-refractivity contribution in [3.8, 4) is 0 Å². The average Bonchev–Trinajstić information content (AvgIpc) is 2.89. The van der Waals surface area contributed by atoms with Gasteiger partial charge in [0.2, 0.25) is 10.0 Å². The molecule has 8 nitrogen and oxygen atoms in total. The van der Waals surface area contributed by atoms with Gasteiger partial charge in [0.25, 0.3) is 5.91 Å². The van der Waals surface area contributed by atoms with E-state index in [0.29, 0.717) is 6.20 Å². The number of aromatic nitrogens is 2. The summed E-state index contributed by atoms with van der Waals surface area (Å²) in [7, 11) is -3.96. The molecule has 0 aliphatic carbocycles. The smallest absolute Gasteiger partial charge is 0.377 e. The maximum Gasteiger partial charge on any atom is 0.412 e. The molecule has 1 fully saturated rings. The summed E-state index contributed by atoms with van der Waals surface area (Å²) in [6.45, 7) is -1.97. The lowest BCUT2D eigenvalue weighted by Gasteiger charge is -2.42. The van der Waals surface area contributed by atoms with Crippen molar-refractivity contribution in [2.45, 2.75) is 16.6 Å². The Morgan fingerprint density at radius 1 is 1.30 bits per heavy atom. The predicted octanol–water partition coefficient (Wildman–Crippen LogP) is 2.21. The lowest BCUT2D eigenvalue weighted by Crippen LogP contribution is -2.70. The molecule has 1 saturated heterocycles. The van der Waals surface area contributed by atoms with Gasteiger partial charge in [0, 0.05) is 19.4 Å². The third-order valence-electron chi connectivity index (χ3n) is 4.26. The maximum atomic E-state index is 14.8. The van der Waals surface area contributed by atoms with Crippen LogP contribution in [0.1, 0.15) is 10.5 Å². The molecule has 0 spiro atoms. The van der Waals surface area contributed by atoms with Gasteiger partial charge in [-0.05, 0) is 6.07 Å². The van der Waals surface area contributed by atoms with Crippen LogP contribution in [0.5, 0.6) is 0 Å². The highest BCUT2D eigenvalue weighted by molar-refractivity contribution is 7.89. The Labute approximate surface area is 171 Å². The van der Waals surface area contributed by atoms with Crippen molar-refractivity contribution in [3.63, 3.8) is 0 Å². The third-order valence-corrected chi connectivity index (χ3v) is 6.04. The van der Waals surface area contributed by atoms with E-state index in [4.69, 9.17) is 11.6 Å². The number of nitrogens with one attached hydrogen (secondary N) is 2. The van der Waals surface area contributed by atoms with Crippen LogP contribution in [0.2, 0.25) is 5.15 Å². The number of carbonyl (C=O) groups excluding carboxylic acids is 1. The quantitative estimate of drug-likeness (QED) is 0.511. The molecule has 0 unspecified atom stereocenters. The highest BCUT2D eigenvalue weighted by atomic mass is 35.5. The lowest BCUT2D eigenvalue weighted by atomic mass is 9.99. The summed E-state index contributed by atoms with van der Waals surface area (Å²) in [6, 6.07) is 1.02. The fourth-order valence-corrected chi connectivity index (χ4v) is 4.26. The number of aryl methyl sites for hydroxylation is 1. The Hall–Kier alpha value is -2.29. The molecule has 3 heterocycles. The molecular weight excluding hydrogens is 463 g/mol. The Morgan fingerprint density at radius 2 is 1.93 bits per heavy atom. The van der Waals surface area contributed by atoms with Gasteiger partial charge in [-0.2, -0.15) is 17.9 Å². The van der Waals surface area contributed by atoms with Gasteiger partial charge in [-0.25, -0.2) is 22.2 Å². The van der Waals surface area contributed by atoms with Crippen LogP contribution in [0, 0.1) is 11.6 Å². The number of alkyl halides is 3. The van der Waals surface area contributed by atoms with Gasteiger partial charge in [0.05, 0.1) is 18.9 Å². The zero-order chi connectivity index (χ0) is 22.5. The van der Waals surface area contributed by atoms with Crippen molar-refractivity contribution in [2.24, 2.45) is 7.05 Å². The zero-order valence-corrected chi connectivity index (χ0v) is 16.4. The first kappa shape index (κ1) is 22.4. The number of sulfonamides is 1. The van der Waals surface area contributed by atoms with Crippen LogP contribution in [0.25, 0.3) is 0 Å². The van der Waals surface area contributed by atoms with Crippen LogP contribution in [0.15, 0.2) is 23.4 Å². The summed E-state index contributed by atoms with van der Waals surface area (Å²) in [4.78, 5) is 14.6. The SMILES string of the molecule is Cn1cc(S(=O)(=O)NC2(C(F)(F)F)COC2)c(F)c1C(=O)Nc1ccnc(Cl)c1F. The number of anilines is 1. The molecule has 1 aliphatic rings. The van der Waals surface area contributed by atoms with Gasteiger partial charge >= 0.3 is 6.18 Å². The molecule has 1 aliphatic heterocycles. The summed E-state index contributed by atoms with van der Waals surface area (Å²) in [5, 5.41) is 1.42. The number of pyridine rings is 1. The maximum absolute atomic E-state index is 14.8.